The minimum absolute atomic E-state index is 0.0538. The summed E-state index contributed by atoms with van der Waals surface area (Å²) in [5, 5.41) is 28.8. The van der Waals surface area contributed by atoms with Gasteiger partial charge in [-0.25, -0.2) is 4.79 Å². The van der Waals surface area contributed by atoms with Gasteiger partial charge in [-0.05, 0) is 25.1 Å². The maximum absolute atomic E-state index is 11.9. The Morgan fingerprint density at radius 3 is 2.60 bits per heavy atom. The molecular weight excluding hydrogens is 282 g/mol. The molecule has 1 aromatic carbocycles. The molecule has 0 spiro atoms. The fraction of sp³-hybridized carbons (Fsp3) is 0.385. The number of hydrogen-bond acceptors (Lipinski definition) is 5. The summed E-state index contributed by atoms with van der Waals surface area (Å²) in [7, 11) is 0. The first kappa shape index (κ1) is 14.5. The van der Waals surface area contributed by atoms with E-state index >= 15 is 0 Å². The Morgan fingerprint density at radius 1 is 1.40 bits per heavy atom. The van der Waals surface area contributed by atoms with E-state index in [1.807, 2.05) is 0 Å². The standard InChI is InChI=1S/C13H15NO5S/c1-7(15)14-10(12(18)19)6-20-13(14,2)9-5-8(16)3-4-11(9)17/h3-5,10,16-17H,6H2,1-2H3,(H,18,19). The summed E-state index contributed by atoms with van der Waals surface area (Å²) in [5.41, 5.74) is 0.321. The zero-order valence-corrected chi connectivity index (χ0v) is 11.8. The van der Waals surface area contributed by atoms with Gasteiger partial charge < -0.3 is 20.2 Å². The third kappa shape index (κ3) is 2.18. The quantitative estimate of drug-likeness (QED) is 0.712. The Kier molecular flexibility index (Phi) is 3.56. The molecule has 0 saturated carbocycles. The molecule has 3 N–H and O–H groups in total. The number of aliphatic carboxylic acids is 1. The van der Waals surface area contributed by atoms with Crippen LogP contribution in [0.5, 0.6) is 11.5 Å². The Balaban J connectivity index is 2.55. The molecule has 1 aliphatic heterocycles. The molecule has 2 rings (SSSR count). The number of benzene rings is 1. The molecule has 6 nitrogen and oxygen atoms in total. The van der Waals surface area contributed by atoms with E-state index in [2.05, 4.69) is 0 Å². The largest absolute Gasteiger partial charge is 0.508 e. The molecule has 20 heavy (non-hydrogen) atoms. The van der Waals surface area contributed by atoms with Crippen LogP contribution in [-0.2, 0) is 14.5 Å². The van der Waals surface area contributed by atoms with Gasteiger partial charge in [0, 0.05) is 18.2 Å². The Hall–Kier alpha value is -1.89. The van der Waals surface area contributed by atoms with E-state index in [-0.39, 0.29) is 17.3 Å². The molecule has 0 aromatic heterocycles. The summed E-state index contributed by atoms with van der Waals surface area (Å²) < 4.78 is 0. The van der Waals surface area contributed by atoms with E-state index in [1.54, 1.807) is 6.92 Å². The Morgan fingerprint density at radius 2 is 2.05 bits per heavy atom. The monoisotopic (exact) mass is 297 g/mol. The highest BCUT2D eigenvalue weighted by atomic mass is 32.2. The fourth-order valence-electron chi connectivity index (χ4n) is 2.49. The predicted octanol–water partition coefficient (Wildman–Crippen LogP) is 1.32. The van der Waals surface area contributed by atoms with E-state index in [0.717, 1.165) is 0 Å². The summed E-state index contributed by atoms with van der Waals surface area (Å²) in [5.74, 6) is -1.40. The Bertz CT molecular complexity index is 576. The van der Waals surface area contributed by atoms with Crippen molar-refractivity contribution in [1.82, 2.24) is 4.90 Å². The van der Waals surface area contributed by atoms with Crippen molar-refractivity contribution in [2.45, 2.75) is 24.8 Å². The maximum Gasteiger partial charge on any atom is 0.327 e. The lowest BCUT2D eigenvalue weighted by Crippen LogP contribution is -2.48. The van der Waals surface area contributed by atoms with Gasteiger partial charge in [-0.2, -0.15) is 0 Å². The fourth-order valence-corrected chi connectivity index (χ4v) is 3.98. The van der Waals surface area contributed by atoms with Crippen LogP contribution in [0.3, 0.4) is 0 Å². The van der Waals surface area contributed by atoms with Crippen molar-refractivity contribution < 1.29 is 24.9 Å². The minimum Gasteiger partial charge on any atom is -0.508 e. The average molecular weight is 297 g/mol. The molecule has 2 unspecified atom stereocenters. The van der Waals surface area contributed by atoms with Crippen LogP contribution in [0.4, 0.5) is 0 Å². The molecule has 7 heteroatoms. The number of carbonyl (C=O) groups excluding carboxylic acids is 1. The number of phenols is 2. The summed E-state index contributed by atoms with van der Waals surface area (Å²) in [4.78, 5) is 23.3. The highest BCUT2D eigenvalue weighted by Crippen LogP contribution is 2.50. The number of thioether (sulfide) groups is 1. The number of phenolic OH excluding ortho intramolecular Hbond substituents is 2. The van der Waals surface area contributed by atoms with Gasteiger partial charge in [0.2, 0.25) is 5.91 Å². The number of carboxylic acids is 1. The van der Waals surface area contributed by atoms with E-state index in [1.165, 1.54) is 41.8 Å². The number of hydrogen-bond donors (Lipinski definition) is 3. The molecule has 2 atom stereocenters. The van der Waals surface area contributed by atoms with Gasteiger partial charge in [0.25, 0.3) is 0 Å². The number of rotatable bonds is 2. The van der Waals surface area contributed by atoms with Crippen LogP contribution < -0.4 is 0 Å². The van der Waals surface area contributed by atoms with Crippen LogP contribution in [-0.4, -0.2) is 43.9 Å². The SMILES string of the molecule is CC(=O)N1C(C(=O)O)CSC1(C)c1cc(O)ccc1O. The smallest absolute Gasteiger partial charge is 0.327 e. The number of nitrogens with zero attached hydrogens (tertiary/aromatic N) is 1. The van der Waals surface area contributed by atoms with Crippen molar-refractivity contribution in [1.29, 1.82) is 0 Å². The van der Waals surface area contributed by atoms with Gasteiger partial charge in [0.05, 0.1) is 0 Å². The van der Waals surface area contributed by atoms with Crippen molar-refractivity contribution in [2.75, 3.05) is 5.75 Å². The first-order valence-corrected chi connectivity index (χ1v) is 6.95. The minimum atomic E-state index is -1.09. The van der Waals surface area contributed by atoms with Crippen molar-refractivity contribution >= 4 is 23.6 Å². The lowest BCUT2D eigenvalue weighted by molar-refractivity contribution is -0.150. The highest BCUT2D eigenvalue weighted by molar-refractivity contribution is 8.00. The summed E-state index contributed by atoms with van der Waals surface area (Å²) in [6.07, 6.45) is 0. The highest BCUT2D eigenvalue weighted by Gasteiger charge is 2.50. The van der Waals surface area contributed by atoms with Gasteiger partial charge in [0.15, 0.2) is 0 Å². The van der Waals surface area contributed by atoms with Gasteiger partial charge >= 0.3 is 5.97 Å². The molecule has 1 aromatic rings. The molecular formula is C13H15NO5S. The maximum atomic E-state index is 11.9. The second kappa shape index (κ2) is 4.90. The number of aromatic hydroxyl groups is 2. The van der Waals surface area contributed by atoms with Gasteiger partial charge in [-0.1, -0.05) is 0 Å². The third-order valence-corrected chi connectivity index (χ3v) is 4.86. The van der Waals surface area contributed by atoms with Gasteiger partial charge in [-0.15, -0.1) is 11.8 Å². The number of carbonyl (C=O) groups is 2. The lowest BCUT2D eigenvalue weighted by atomic mass is 10.0. The van der Waals surface area contributed by atoms with Crippen molar-refractivity contribution in [2.24, 2.45) is 0 Å². The van der Waals surface area contributed by atoms with E-state index in [9.17, 15) is 24.9 Å². The van der Waals surface area contributed by atoms with Gasteiger partial charge in [0.1, 0.15) is 22.4 Å². The van der Waals surface area contributed by atoms with Crippen LogP contribution in [0.1, 0.15) is 19.4 Å². The van der Waals surface area contributed by atoms with E-state index in [4.69, 9.17) is 0 Å². The molecule has 1 saturated heterocycles. The normalized spacial score (nSPS) is 25.7. The topological polar surface area (TPSA) is 98.1 Å². The van der Waals surface area contributed by atoms with E-state index < -0.39 is 22.8 Å². The summed E-state index contributed by atoms with van der Waals surface area (Å²) in [6, 6.07) is 3.05. The van der Waals surface area contributed by atoms with E-state index in [0.29, 0.717) is 5.56 Å². The zero-order chi connectivity index (χ0) is 15.1. The third-order valence-electron chi connectivity index (χ3n) is 3.40. The molecule has 0 radical (unpaired) electrons. The van der Waals surface area contributed by atoms with Crippen LogP contribution in [0.25, 0.3) is 0 Å². The molecule has 108 valence electrons. The number of amides is 1. The first-order valence-electron chi connectivity index (χ1n) is 5.96. The van der Waals surface area contributed by atoms with Crippen LogP contribution >= 0.6 is 11.8 Å². The average Bonchev–Trinajstić information content (AvgIpc) is 2.71. The first-order chi connectivity index (χ1) is 9.27. The molecule has 0 bridgehead atoms. The van der Waals surface area contributed by atoms with Gasteiger partial charge in [-0.3, -0.25) is 4.79 Å². The summed E-state index contributed by atoms with van der Waals surface area (Å²) in [6.45, 7) is 2.95. The molecule has 1 heterocycles. The molecule has 1 aliphatic rings. The molecule has 1 fully saturated rings. The second-order valence-corrected chi connectivity index (χ2v) is 6.16. The van der Waals surface area contributed by atoms with Crippen molar-refractivity contribution in [3.8, 4) is 11.5 Å². The molecule has 0 aliphatic carbocycles. The summed E-state index contributed by atoms with van der Waals surface area (Å²) >= 11 is 1.25. The lowest BCUT2D eigenvalue weighted by Gasteiger charge is -2.36. The van der Waals surface area contributed by atoms with Crippen LogP contribution in [0.2, 0.25) is 0 Å². The number of carboxylic acid groups (broad SMARTS) is 1. The van der Waals surface area contributed by atoms with Crippen molar-refractivity contribution in [3.05, 3.63) is 23.8 Å². The Labute approximate surface area is 120 Å². The van der Waals surface area contributed by atoms with Crippen molar-refractivity contribution in [3.63, 3.8) is 0 Å². The zero-order valence-electron chi connectivity index (χ0n) is 11.0. The predicted molar refractivity (Wildman–Crippen MR) is 73.5 cm³/mol. The molecule has 1 amide bonds. The van der Waals surface area contributed by atoms with Crippen LogP contribution in [0, 0.1) is 0 Å². The van der Waals surface area contributed by atoms with Crippen LogP contribution in [0.15, 0.2) is 18.2 Å². The second-order valence-electron chi connectivity index (χ2n) is 4.74.